The molecule has 0 aromatic heterocycles. The Labute approximate surface area is 185 Å². The molecule has 2 aliphatic rings. The van der Waals surface area contributed by atoms with Gasteiger partial charge in [0.2, 0.25) is 0 Å². The highest BCUT2D eigenvalue weighted by atomic mass is 19.1. The van der Waals surface area contributed by atoms with Crippen molar-refractivity contribution in [2.75, 3.05) is 0 Å². The maximum atomic E-state index is 13.0. The van der Waals surface area contributed by atoms with Crippen molar-refractivity contribution in [2.45, 2.75) is 110 Å². The first-order chi connectivity index (χ1) is 14.7. The smallest absolute Gasteiger partial charge is 0.123 e. The molecule has 2 saturated carbocycles. The number of benzene rings is 1. The van der Waals surface area contributed by atoms with Crippen molar-refractivity contribution in [1.82, 2.24) is 0 Å². The van der Waals surface area contributed by atoms with Gasteiger partial charge in [-0.3, -0.25) is 0 Å². The van der Waals surface area contributed by atoms with Crippen molar-refractivity contribution in [1.29, 1.82) is 0 Å². The van der Waals surface area contributed by atoms with Crippen LogP contribution in [0.15, 0.2) is 36.4 Å². The zero-order chi connectivity index (χ0) is 21.0. The Morgan fingerprint density at radius 2 is 1.23 bits per heavy atom. The number of rotatable bonds is 11. The van der Waals surface area contributed by atoms with Gasteiger partial charge in [0, 0.05) is 0 Å². The average molecular weight is 413 g/mol. The van der Waals surface area contributed by atoms with Gasteiger partial charge < -0.3 is 0 Å². The molecule has 0 saturated heterocycles. The van der Waals surface area contributed by atoms with Crippen LogP contribution >= 0.6 is 0 Å². The van der Waals surface area contributed by atoms with Crippen LogP contribution in [-0.2, 0) is 6.42 Å². The van der Waals surface area contributed by atoms with Gasteiger partial charge in [-0.25, -0.2) is 4.39 Å². The Balaban J connectivity index is 1.26. The highest BCUT2D eigenvalue weighted by Crippen LogP contribution is 2.35. The largest absolute Gasteiger partial charge is 0.207 e. The molecule has 0 spiro atoms. The molecule has 2 fully saturated rings. The summed E-state index contributed by atoms with van der Waals surface area (Å²) >= 11 is 0. The summed E-state index contributed by atoms with van der Waals surface area (Å²) in [6, 6.07) is 7.09. The highest BCUT2D eigenvalue weighted by molar-refractivity contribution is 5.16. The second-order valence-corrected chi connectivity index (χ2v) is 10.3. The van der Waals surface area contributed by atoms with Gasteiger partial charge in [-0.05, 0) is 106 Å². The third kappa shape index (κ3) is 8.56. The van der Waals surface area contributed by atoms with Crippen LogP contribution < -0.4 is 0 Å². The van der Waals surface area contributed by atoms with Crippen LogP contribution in [-0.4, -0.2) is 0 Å². The SMILES string of the molecule is CCCCCCCC1CCC(/C=C/C2CCC(CCc3ccc(F)cc3)CC2)CC1. The predicted molar refractivity (Wildman–Crippen MR) is 128 cm³/mol. The van der Waals surface area contributed by atoms with Gasteiger partial charge in [0.15, 0.2) is 0 Å². The highest BCUT2D eigenvalue weighted by Gasteiger charge is 2.22. The molecule has 0 bridgehead atoms. The van der Waals surface area contributed by atoms with E-state index in [2.05, 4.69) is 19.1 Å². The lowest BCUT2D eigenvalue weighted by Crippen LogP contribution is -2.15. The fraction of sp³-hybridized carbons (Fsp3) is 0.724. The number of unbranched alkanes of at least 4 members (excludes halogenated alkanes) is 4. The van der Waals surface area contributed by atoms with Gasteiger partial charge in [-0.1, -0.05) is 69.7 Å². The minimum absolute atomic E-state index is 0.123. The molecule has 0 amide bonds. The molecule has 168 valence electrons. The summed E-state index contributed by atoms with van der Waals surface area (Å²) in [4.78, 5) is 0. The van der Waals surface area contributed by atoms with E-state index < -0.39 is 0 Å². The van der Waals surface area contributed by atoms with Crippen molar-refractivity contribution < 1.29 is 4.39 Å². The van der Waals surface area contributed by atoms with Crippen molar-refractivity contribution in [3.8, 4) is 0 Å². The molecule has 0 aliphatic heterocycles. The van der Waals surface area contributed by atoms with E-state index in [1.165, 1.54) is 102 Å². The van der Waals surface area contributed by atoms with E-state index in [1.807, 2.05) is 12.1 Å². The molecule has 0 N–H and O–H groups in total. The fourth-order valence-electron chi connectivity index (χ4n) is 5.71. The fourth-order valence-corrected chi connectivity index (χ4v) is 5.71. The maximum Gasteiger partial charge on any atom is 0.123 e. The predicted octanol–water partition coefficient (Wildman–Crippen LogP) is 9.29. The van der Waals surface area contributed by atoms with Crippen LogP contribution in [0.4, 0.5) is 4.39 Å². The van der Waals surface area contributed by atoms with Gasteiger partial charge in [-0.15, -0.1) is 0 Å². The number of hydrogen-bond donors (Lipinski definition) is 0. The third-order valence-corrected chi connectivity index (χ3v) is 7.91. The number of halogens is 1. The summed E-state index contributed by atoms with van der Waals surface area (Å²) in [5, 5.41) is 0. The lowest BCUT2D eigenvalue weighted by Gasteiger charge is -2.29. The quantitative estimate of drug-likeness (QED) is 0.251. The second-order valence-electron chi connectivity index (χ2n) is 10.3. The van der Waals surface area contributed by atoms with Gasteiger partial charge in [0.1, 0.15) is 5.82 Å². The molecule has 0 heterocycles. The van der Waals surface area contributed by atoms with Crippen LogP contribution in [0.1, 0.15) is 109 Å². The normalized spacial score (nSPS) is 27.5. The Bertz CT molecular complexity index is 585. The van der Waals surface area contributed by atoms with Gasteiger partial charge in [-0.2, -0.15) is 0 Å². The first-order valence-corrected chi connectivity index (χ1v) is 13.2. The Morgan fingerprint density at radius 1 is 0.700 bits per heavy atom. The number of hydrogen-bond acceptors (Lipinski definition) is 0. The molecular formula is C29H45F. The van der Waals surface area contributed by atoms with E-state index in [0.717, 1.165) is 30.1 Å². The van der Waals surface area contributed by atoms with Crippen LogP contribution in [0.3, 0.4) is 0 Å². The van der Waals surface area contributed by atoms with E-state index in [9.17, 15) is 4.39 Å². The monoisotopic (exact) mass is 412 g/mol. The first kappa shape index (κ1) is 23.6. The zero-order valence-corrected chi connectivity index (χ0v) is 19.5. The van der Waals surface area contributed by atoms with Crippen molar-refractivity contribution >= 4 is 0 Å². The average Bonchev–Trinajstić information content (AvgIpc) is 2.79. The molecule has 1 aromatic rings. The Hall–Kier alpha value is -1.11. The molecule has 1 aromatic carbocycles. The molecule has 0 radical (unpaired) electrons. The lowest BCUT2D eigenvalue weighted by atomic mass is 9.77. The molecule has 0 unspecified atom stereocenters. The summed E-state index contributed by atoms with van der Waals surface area (Å²) in [6.45, 7) is 2.30. The Kier molecular flexibility index (Phi) is 10.5. The molecule has 0 atom stereocenters. The topological polar surface area (TPSA) is 0 Å². The van der Waals surface area contributed by atoms with Crippen molar-refractivity contribution in [3.05, 3.63) is 47.8 Å². The minimum atomic E-state index is -0.123. The van der Waals surface area contributed by atoms with Crippen LogP contribution in [0.25, 0.3) is 0 Å². The van der Waals surface area contributed by atoms with Gasteiger partial charge >= 0.3 is 0 Å². The van der Waals surface area contributed by atoms with Crippen LogP contribution in [0.2, 0.25) is 0 Å². The standard InChI is InChI=1S/C29H45F/c1-2-3-4-5-6-7-24-8-10-25(11-9-24)12-13-26-14-16-27(17-15-26)18-19-28-20-22-29(30)23-21-28/h12-13,20-27H,2-11,14-19H2,1H3/b13-12+. The second kappa shape index (κ2) is 13.3. The van der Waals surface area contributed by atoms with Gasteiger partial charge in [0.25, 0.3) is 0 Å². The number of allylic oxidation sites excluding steroid dienone is 2. The molecule has 0 nitrogen and oxygen atoms in total. The summed E-state index contributed by atoms with van der Waals surface area (Å²) in [5.74, 6) is 3.45. The molecule has 2 aliphatic carbocycles. The van der Waals surface area contributed by atoms with E-state index in [1.54, 1.807) is 12.1 Å². The zero-order valence-electron chi connectivity index (χ0n) is 19.5. The molecule has 30 heavy (non-hydrogen) atoms. The van der Waals surface area contributed by atoms with Gasteiger partial charge in [0.05, 0.1) is 0 Å². The third-order valence-electron chi connectivity index (χ3n) is 7.91. The summed E-state index contributed by atoms with van der Waals surface area (Å²) < 4.78 is 13.0. The first-order valence-electron chi connectivity index (χ1n) is 13.2. The van der Waals surface area contributed by atoms with E-state index >= 15 is 0 Å². The summed E-state index contributed by atoms with van der Waals surface area (Å²) in [5.41, 5.74) is 1.29. The van der Waals surface area contributed by atoms with Crippen molar-refractivity contribution in [3.63, 3.8) is 0 Å². The molecule has 1 heteroatoms. The van der Waals surface area contributed by atoms with Crippen LogP contribution in [0.5, 0.6) is 0 Å². The summed E-state index contributed by atoms with van der Waals surface area (Å²) in [7, 11) is 0. The maximum absolute atomic E-state index is 13.0. The van der Waals surface area contributed by atoms with Crippen LogP contribution in [0, 0.1) is 29.5 Å². The molecule has 3 rings (SSSR count). The van der Waals surface area contributed by atoms with E-state index in [-0.39, 0.29) is 5.82 Å². The Morgan fingerprint density at radius 3 is 1.80 bits per heavy atom. The van der Waals surface area contributed by atoms with Crippen molar-refractivity contribution in [2.24, 2.45) is 23.7 Å². The molecular weight excluding hydrogens is 367 g/mol. The minimum Gasteiger partial charge on any atom is -0.207 e. The number of aryl methyl sites for hydroxylation is 1. The summed E-state index contributed by atoms with van der Waals surface area (Å²) in [6.07, 6.45) is 27.5. The van der Waals surface area contributed by atoms with E-state index in [4.69, 9.17) is 0 Å². The lowest BCUT2D eigenvalue weighted by molar-refractivity contribution is 0.282. The van der Waals surface area contributed by atoms with E-state index in [0.29, 0.717) is 0 Å².